The average molecular weight is 354 g/mol. The van der Waals surface area contributed by atoms with Gasteiger partial charge in [0.25, 0.3) is 0 Å². The van der Waals surface area contributed by atoms with Gasteiger partial charge in [0.1, 0.15) is 10.9 Å². The van der Waals surface area contributed by atoms with Crippen molar-refractivity contribution in [3.63, 3.8) is 0 Å². The quantitative estimate of drug-likeness (QED) is 0.464. The molecule has 1 aromatic heterocycles. The number of aromatic nitrogens is 1. The lowest BCUT2D eigenvalue weighted by molar-refractivity contribution is 0.0313. The Morgan fingerprint density at radius 3 is 2.35 bits per heavy atom. The van der Waals surface area contributed by atoms with E-state index in [1.807, 2.05) is 0 Å². The third-order valence-corrected chi connectivity index (χ3v) is 3.55. The number of halogens is 2. The molecule has 1 aromatic carbocycles. The van der Waals surface area contributed by atoms with Crippen LogP contribution in [0.15, 0.2) is 36.4 Å². The van der Waals surface area contributed by atoms with E-state index in [2.05, 4.69) is 4.98 Å². The molecule has 0 fully saturated rings. The minimum absolute atomic E-state index is 0.100. The van der Waals surface area contributed by atoms with Gasteiger partial charge in [-0.1, -0.05) is 23.2 Å². The van der Waals surface area contributed by atoms with Crippen molar-refractivity contribution in [2.45, 2.75) is 13.0 Å². The van der Waals surface area contributed by atoms with Crippen LogP contribution in [0.25, 0.3) is 0 Å². The van der Waals surface area contributed by atoms with Gasteiger partial charge in [-0.3, -0.25) is 4.79 Å². The van der Waals surface area contributed by atoms with Crippen molar-refractivity contribution in [3.05, 3.63) is 57.8 Å². The first kappa shape index (κ1) is 17.2. The van der Waals surface area contributed by atoms with Crippen molar-refractivity contribution in [3.8, 4) is 5.75 Å². The van der Waals surface area contributed by atoms with E-state index in [0.717, 1.165) is 0 Å². The summed E-state index contributed by atoms with van der Waals surface area (Å²) in [6.45, 7) is 1.48. The van der Waals surface area contributed by atoms with E-state index in [1.165, 1.54) is 26.2 Å². The summed E-state index contributed by atoms with van der Waals surface area (Å²) in [4.78, 5) is 28.1. The molecule has 0 aliphatic carbocycles. The minimum Gasteiger partial charge on any atom is -0.497 e. The van der Waals surface area contributed by atoms with E-state index in [0.29, 0.717) is 11.3 Å². The molecule has 0 aliphatic rings. The highest BCUT2D eigenvalue weighted by atomic mass is 35.5. The van der Waals surface area contributed by atoms with Gasteiger partial charge < -0.3 is 9.47 Å². The average Bonchev–Trinajstić information content (AvgIpc) is 2.56. The highest BCUT2D eigenvalue weighted by molar-refractivity contribution is 6.34. The molecule has 0 N–H and O–H groups in total. The fourth-order valence-corrected chi connectivity index (χ4v) is 2.15. The maximum atomic E-state index is 12.3. The van der Waals surface area contributed by atoms with E-state index >= 15 is 0 Å². The largest absolute Gasteiger partial charge is 0.497 e. The number of ether oxygens (including phenoxy) is 2. The second-order valence-electron chi connectivity index (χ2n) is 4.60. The van der Waals surface area contributed by atoms with Gasteiger partial charge in [0.2, 0.25) is 5.78 Å². The smallest absolute Gasteiger partial charge is 0.359 e. The Morgan fingerprint density at radius 2 is 1.74 bits per heavy atom. The van der Waals surface area contributed by atoms with E-state index < -0.39 is 12.1 Å². The molecule has 0 saturated carbocycles. The third kappa shape index (κ3) is 4.21. The second-order valence-corrected chi connectivity index (χ2v) is 5.40. The first-order valence-electron chi connectivity index (χ1n) is 6.63. The summed E-state index contributed by atoms with van der Waals surface area (Å²) in [5, 5.41) is 0.207. The van der Waals surface area contributed by atoms with Gasteiger partial charge in [-0.15, -0.1) is 0 Å². The Labute approximate surface area is 143 Å². The van der Waals surface area contributed by atoms with E-state index in [4.69, 9.17) is 32.7 Å². The number of hydrogen-bond acceptors (Lipinski definition) is 5. The summed E-state index contributed by atoms with van der Waals surface area (Å²) >= 11 is 11.6. The molecule has 7 heteroatoms. The molecular weight excluding hydrogens is 341 g/mol. The zero-order valence-corrected chi connectivity index (χ0v) is 13.9. The maximum Gasteiger partial charge on any atom is 0.359 e. The Kier molecular flexibility index (Phi) is 5.58. The fourth-order valence-electron chi connectivity index (χ4n) is 1.82. The molecule has 0 radical (unpaired) electrons. The molecular formula is C16H13Cl2NO4. The second kappa shape index (κ2) is 7.44. The zero-order valence-electron chi connectivity index (χ0n) is 12.4. The highest BCUT2D eigenvalue weighted by Crippen LogP contribution is 2.19. The summed E-state index contributed by atoms with van der Waals surface area (Å²) in [5.41, 5.74) is 0.268. The summed E-state index contributed by atoms with van der Waals surface area (Å²) in [6.07, 6.45) is -0.993. The van der Waals surface area contributed by atoms with Crippen LogP contribution in [0.3, 0.4) is 0 Å². The van der Waals surface area contributed by atoms with Crippen LogP contribution in [-0.2, 0) is 4.74 Å². The number of rotatable bonds is 5. The lowest BCUT2D eigenvalue weighted by Crippen LogP contribution is -2.25. The number of esters is 1. The summed E-state index contributed by atoms with van der Waals surface area (Å²) in [6, 6.07) is 9.37. The number of benzene rings is 1. The number of hydrogen-bond donors (Lipinski definition) is 0. The summed E-state index contributed by atoms with van der Waals surface area (Å²) in [7, 11) is 1.53. The molecule has 2 rings (SSSR count). The fraction of sp³-hybridized carbons (Fsp3) is 0.188. The molecule has 0 bridgehead atoms. The Bertz CT molecular complexity index is 731. The van der Waals surface area contributed by atoms with Gasteiger partial charge in [0, 0.05) is 5.56 Å². The Morgan fingerprint density at radius 1 is 1.09 bits per heavy atom. The number of nitrogens with zero attached hydrogens (tertiary/aromatic N) is 1. The lowest BCUT2D eigenvalue weighted by Gasteiger charge is -2.13. The summed E-state index contributed by atoms with van der Waals surface area (Å²) in [5.74, 6) is -0.535. The first-order valence-corrected chi connectivity index (χ1v) is 7.39. The van der Waals surface area contributed by atoms with E-state index in [9.17, 15) is 9.59 Å². The van der Waals surface area contributed by atoms with Crippen molar-refractivity contribution >= 4 is 35.0 Å². The number of Topliss-reactive ketones (excluding diaryl/α,β-unsaturated/α-hetero) is 1. The van der Waals surface area contributed by atoms with Crippen LogP contribution in [0.4, 0.5) is 0 Å². The molecule has 23 heavy (non-hydrogen) atoms. The topological polar surface area (TPSA) is 65.5 Å². The number of methoxy groups -OCH3 is 1. The number of carbonyl (C=O) groups excluding carboxylic acids is 2. The van der Waals surface area contributed by atoms with Gasteiger partial charge in [-0.05, 0) is 43.3 Å². The number of ketones is 1. The van der Waals surface area contributed by atoms with Crippen LogP contribution in [0.1, 0.15) is 27.8 Å². The van der Waals surface area contributed by atoms with Crippen molar-refractivity contribution in [1.82, 2.24) is 4.98 Å². The molecule has 1 heterocycles. The van der Waals surface area contributed by atoms with Gasteiger partial charge in [0.05, 0.1) is 12.1 Å². The van der Waals surface area contributed by atoms with Crippen LogP contribution in [0, 0.1) is 0 Å². The van der Waals surface area contributed by atoms with Gasteiger partial charge >= 0.3 is 5.97 Å². The van der Waals surface area contributed by atoms with Crippen LogP contribution in [-0.4, -0.2) is 30.0 Å². The monoisotopic (exact) mass is 353 g/mol. The highest BCUT2D eigenvalue weighted by Gasteiger charge is 2.23. The van der Waals surface area contributed by atoms with Crippen molar-refractivity contribution in [2.24, 2.45) is 0 Å². The SMILES string of the molecule is COc1ccc(C(=O)[C@@H](C)OC(=O)c2nc(Cl)ccc2Cl)cc1. The molecule has 0 saturated heterocycles. The Balaban J connectivity index is 2.10. The molecule has 0 unspecified atom stereocenters. The zero-order chi connectivity index (χ0) is 17.0. The third-order valence-electron chi connectivity index (χ3n) is 3.03. The predicted octanol–water partition coefficient (Wildman–Crippen LogP) is 3.83. The van der Waals surface area contributed by atoms with Gasteiger partial charge in [0.15, 0.2) is 11.8 Å². The van der Waals surface area contributed by atoms with Gasteiger partial charge in [-0.25, -0.2) is 9.78 Å². The standard InChI is InChI=1S/C16H13Cl2NO4/c1-9(15(20)10-3-5-11(22-2)6-4-10)23-16(21)14-12(17)7-8-13(18)19-14/h3-9H,1-2H3/t9-/m1/s1. The van der Waals surface area contributed by atoms with Crippen molar-refractivity contribution in [1.29, 1.82) is 0 Å². The molecule has 0 spiro atoms. The molecule has 120 valence electrons. The Hall–Kier alpha value is -2.11. The minimum atomic E-state index is -0.993. The molecule has 0 aliphatic heterocycles. The molecule has 0 amide bonds. The molecule has 2 aromatic rings. The van der Waals surface area contributed by atoms with E-state index in [1.54, 1.807) is 24.3 Å². The van der Waals surface area contributed by atoms with Crippen LogP contribution < -0.4 is 4.74 Å². The predicted molar refractivity (Wildman–Crippen MR) is 86.5 cm³/mol. The normalized spacial score (nSPS) is 11.7. The molecule has 5 nitrogen and oxygen atoms in total. The summed E-state index contributed by atoms with van der Waals surface area (Å²) < 4.78 is 10.1. The van der Waals surface area contributed by atoms with Gasteiger partial charge in [-0.2, -0.15) is 0 Å². The van der Waals surface area contributed by atoms with Crippen LogP contribution in [0.2, 0.25) is 10.2 Å². The van der Waals surface area contributed by atoms with E-state index in [-0.39, 0.29) is 21.7 Å². The number of pyridine rings is 1. The molecule has 1 atom stereocenters. The van der Waals surface area contributed by atoms with Crippen LogP contribution >= 0.6 is 23.2 Å². The van der Waals surface area contributed by atoms with Crippen molar-refractivity contribution in [2.75, 3.05) is 7.11 Å². The number of carbonyl (C=O) groups is 2. The van der Waals surface area contributed by atoms with Crippen LogP contribution in [0.5, 0.6) is 5.75 Å². The maximum absolute atomic E-state index is 12.3. The first-order chi connectivity index (χ1) is 10.9. The lowest BCUT2D eigenvalue weighted by atomic mass is 10.1. The van der Waals surface area contributed by atoms with Crippen molar-refractivity contribution < 1.29 is 19.1 Å².